The molecule has 3 nitrogen and oxygen atoms in total. The summed E-state index contributed by atoms with van der Waals surface area (Å²) in [5, 5.41) is 0. The van der Waals surface area contributed by atoms with Gasteiger partial charge in [-0.05, 0) is 26.0 Å². The standard InChI is InChI=1S/C15H24N2O/c1-5-17(11-14-9-7-6-8-10-14)12-15(18)16(4)13(2)3/h6-10,13H,5,11-12H2,1-4H3. The normalized spacial score (nSPS) is 11.0. The molecule has 0 aromatic heterocycles. The number of amides is 1. The van der Waals surface area contributed by atoms with E-state index in [9.17, 15) is 4.79 Å². The number of hydrogen-bond donors (Lipinski definition) is 0. The summed E-state index contributed by atoms with van der Waals surface area (Å²) in [7, 11) is 1.86. The molecular formula is C15H24N2O. The third kappa shape index (κ3) is 4.49. The van der Waals surface area contributed by atoms with Crippen molar-refractivity contribution in [1.29, 1.82) is 0 Å². The van der Waals surface area contributed by atoms with Gasteiger partial charge in [-0.3, -0.25) is 9.69 Å². The van der Waals surface area contributed by atoms with Gasteiger partial charge >= 0.3 is 0 Å². The van der Waals surface area contributed by atoms with Crippen LogP contribution >= 0.6 is 0 Å². The van der Waals surface area contributed by atoms with Gasteiger partial charge in [-0.2, -0.15) is 0 Å². The first-order valence-corrected chi connectivity index (χ1v) is 6.56. The quantitative estimate of drug-likeness (QED) is 0.771. The Morgan fingerprint density at radius 3 is 2.33 bits per heavy atom. The summed E-state index contributed by atoms with van der Waals surface area (Å²) < 4.78 is 0. The van der Waals surface area contributed by atoms with Crippen LogP contribution in [0.1, 0.15) is 26.3 Å². The SMILES string of the molecule is CCN(CC(=O)N(C)C(C)C)Cc1ccccc1. The molecule has 0 saturated heterocycles. The van der Waals surface area contributed by atoms with Gasteiger partial charge in [0.25, 0.3) is 0 Å². The fourth-order valence-corrected chi connectivity index (χ4v) is 1.71. The molecule has 3 heteroatoms. The van der Waals surface area contributed by atoms with Crippen molar-refractivity contribution in [2.75, 3.05) is 20.1 Å². The molecule has 0 bridgehead atoms. The lowest BCUT2D eigenvalue weighted by Crippen LogP contribution is -2.41. The van der Waals surface area contributed by atoms with Crippen LogP contribution in [0, 0.1) is 0 Å². The highest BCUT2D eigenvalue weighted by molar-refractivity contribution is 5.78. The number of carbonyl (C=O) groups is 1. The summed E-state index contributed by atoms with van der Waals surface area (Å²) in [5.74, 6) is 0.183. The minimum Gasteiger partial charge on any atom is -0.342 e. The highest BCUT2D eigenvalue weighted by Gasteiger charge is 2.15. The maximum Gasteiger partial charge on any atom is 0.236 e. The van der Waals surface area contributed by atoms with E-state index in [0.29, 0.717) is 6.54 Å². The van der Waals surface area contributed by atoms with Gasteiger partial charge in [-0.1, -0.05) is 37.3 Å². The molecule has 18 heavy (non-hydrogen) atoms. The van der Waals surface area contributed by atoms with E-state index >= 15 is 0 Å². The molecule has 1 amide bonds. The molecule has 0 aliphatic carbocycles. The maximum atomic E-state index is 12.0. The number of rotatable bonds is 6. The lowest BCUT2D eigenvalue weighted by atomic mass is 10.2. The van der Waals surface area contributed by atoms with Gasteiger partial charge in [-0.25, -0.2) is 0 Å². The largest absolute Gasteiger partial charge is 0.342 e. The van der Waals surface area contributed by atoms with Crippen LogP contribution in [0.3, 0.4) is 0 Å². The third-order valence-electron chi connectivity index (χ3n) is 3.22. The van der Waals surface area contributed by atoms with Crippen LogP contribution < -0.4 is 0 Å². The maximum absolute atomic E-state index is 12.0. The molecule has 0 fully saturated rings. The van der Waals surface area contributed by atoms with Crippen molar-refractivity contribution in [1.82, 2.24) is 9.80 Å². The molecule has 1 rings (SSSR count). The van der Waals surface area contributed by atoms with Gasteiger partial charge in [0.1, 0.15) is 0 Å². The molecule has 0 spiro atoms. The van der Waals surface area contributed by atoms with Crippen molar-refractivity contribution in [3.63, 3.8) is 0 Å². The molecule has 0 heterocycles. The average Bonchev–Trinajstić information content (AvgIpc) is 2.37. The van der Waals surface area contributed by atoms with E-state index in [1.165, 1.54) is 5.56 Å². The summed E-state index contributed by atoms with van der Waals surface area (Å²) in [6.07, 6.45) is 0. The second-order valence-electron chi connectivity index (χ2n) is 4.89. The lowest BCUT2D eigenvalue weighted by molar-refractivity contribution is -0.132. The summed E-state index contributed by atoms with van der Waals surface area (Å²) in [5.41, 5.74) is 1.25. The summed E-state index contributed by atoms with van der Waals surface area (Å²) in [6, 6.07) is 10.5. The minimum atomic E-state index is 0.183. The highest BCUT2D eigenvalue weighted by Crippen LogP contribution is 2.05. The number of carbonyl (C=O) groups excluding carboxylic acids is 1. The Balaban J connectivity index is 2.55. The van der Waals surface area contributed by atoms with Crippen LogP contribution in [0.25, 0.3) is 0 Å². The van der Waals surface area contributed by atoms with Crippen molar-refractivity contribution in [2.24, 2.45) is 0 Å². The van der Waals surface area contributed by atoms with Crippen molar-refractivity contribution in [2.45, 2.75) is 33.4 Å². The zero-order valence-electron chi connectivity index (χ0n) is 11.9. The van der Waals surface area contributed by atoms with Crippen LogP contribution in [0.4, 0.5) is 0 Å². The number of benzene rings is 1. The van der Waals surface area contributed by atoms with Gasteiger partial charge in [0, 0.05) is 19.6 Å². The zero-order chi connectivity index (χ0) is 13.5. The molecule has 0 aliphatic heterocycles. The van der Waals surface area contributed by atoms with Gasteiger partial charge in [0.05, 0.1) is 6.54 Å². The smallest absolute Gasteiger partial charge is 0.236 e. The van der Waals surface area contributed by atoms with E-state index in [1.807, 2.05) is 39.1 Å². The van der Waals surface area contributed by atoms with Crippen LogP contribution in [0.2, 0.25) is 0 Å². The summed E-state index contributed by atoms with van der Waals surface area (Å²) in [6.45, 7) is 8.35. The topological polar surface area (TPSA) is 23.6 Å². The van der Waals surface area contributed by atoms with Crippen LogP contribution in [0.15, 0.2) is 30.3 Å². The van der Waals surface area contributed by atoms with Crippen molar-refractivity contribution >= 4 is 5.91 Å². The average molecular weight is 248 g/mol. The first kappa shape index (κ1) is 14.7. The lowest BCUT2D eigenvalue weighted by Gasteiger charge is -2.26. The molecule has 0 N–H and O–H groups in total. The summed E-state index contributed by atoms with van der Waals surface area (Å²) in [4.78, 5) is 16.0. The number of hydrogen-bond acceptors (Lipinski definition) is 2. The molecule has 0 radical (unpaired) electrons. The van der Waals surface area contributed by atoms with E-state index < -0.39 is 0 Å². The van der Waals surface area contributed by atoms with E-state index in [4.69, 9.17) is 0 Å². The molecular weight excluding hydrogens is 224 g/mol. The van der Waals surface area contributed by atoms with Crippen LogP contribution in [0.5, 0.6) is 0 Å². The number of nitrogens with zero attached hydrogens (tertiary/aromatic N) is 2. The van der Waals surface area contributed by atoms with E-state index in [-0.39, 0.29) is 11.9 Å². The Morgan fingerprint density at radius 1 is 1.22 bits per heavy atom. The van der Waals surface area contributed by atoms with E-state index in [0.717, 1.165) is 13.1 Å². The van der Waals surface area contributed by atoms with Gasteiger partial charge in [-0.15, -0.1) is 0 Å². The number of likely N-dealkylation sites (N-methyl/N-ethyl adjacent to an activating group) is 2. The van der Waals surface area contributed by atoms with Crippen molar-refractivity contribution < 1.29 is 4.79 Å². The Kier molecular flexibility index (Phi) is 5.86. The molecule has 0 aliphatic rings. The molecule has 1 aromatic carbocycles. The first-order valence-electron chi connectivity index (χ1n) is 6.56. The third-order valence-corrected chi connectivity index (χ3v) is 3.22. The van der Waals surface area contributed by atoms with E-state index in [1.54, 1.807) is 4.90 Å². The molecule has 0 atom stereocenters. The molecule has 1 aromatic rings. The second-order valence-corrected chi connectivity index (χ2v) is 4.89. The first-order chi connectivity index (χ1) is 8.54. The fraction of sp³-hybridized carbons (Fsp3) is 0.533. The molecule has 0 saturated carbocycles. The zero-order valence-corrected chi connectivity index (χ0v) is 11.9. The van der Waals surface area contributed by atoms with Gasteiger partial charge in [0.2, 0.25) is 5.91 Å². The molecule has 100 valence electrons. The second kappa shape index (κ2) is 7.17. The molecule has 0 unspecified atom stereocenters. The van der Waals surface area contributed by atoms with E-state index in [2.05, 4.69) is 24.0 Å². The Morgan fingerprint density at radius 2 is 1.83 bits per heavy atom. The van der Waals surface area contributed by atoms with Crippen molar-refractivity contribution in [3.8, 4) is 0 Å². The van der Waals surface area contributed by atoms with Gasteiger partial charge < -0.3 is 4.90 Å². The van der Waals surface area contributed by atoms with Gasteiger partial charge in [0.15, 0.2) is 0 Å². The summed E-state index contributed by atoms with van der Waals surface area (Å²) >= 11 is 0. The predicted molar refractivity (Wildman–Crippen MR) is 75.3 cm³/mol. The predicted octanol–water partition coefficient (Wildman–Crippen LogP) is 2.38. The highest BCUT2D eigenvalue weighted by atomic mass is 16.2. The Bertz CT molecular complexity index is 362. The van der Waals surface area contributed by atoms with Crippen LogP contribution in [-0.2, 0) is 11.3 Å². The minimum absolute atomic E-state index is 0.183. The fourth-order valence-electron chi connectivity index (χ4n) is 1.71. The Labute approximate surface area is 110 Å². The monoisotopic (exact) mass is 248 g/mol. The van der Waals surface area contributed by atoms with Crippen LogP contribution in [-0.4, -0.2) is 41.9 Å². The van der Waals surface area contributed by atoms with Crippen molar-refractivity contribution in [3.05, 3.63) is 35.9 Å². The Hall–Kier alpha value is -1.35.